The number of rotatable bonds is 7. The van der Waals surface area contributed by atoms with Gasteiger partial charge in [-0.15, -0.1) is 0 Å². The number of nitrogens with one attached hydrogen (secondary N) is 1. The number of pyridine rings is 1. The molecule has 2 aromatic carbocycles. The van der Waals surface area contributed by atoms with Gasteiger partial charge < -0.3 is 10.1 Å². The fourth-order valence-electron chi connectivity index (χ4n) is 3.21. The van der Waals surface area contributed by atoms with E-state index >= 15 is 0 Å². The molecule has 1 unspecified atom stereocenters. The Bertz CT molecular complexity index is 873. The molecule has 27 heavy (non-hydrogen) atoms. The number of hydrogen-bond acceptors (Lipinski definition) is 3. The van der Waals surface area contributed by atoms with Crippen molar-refractivity contribution in [1.82, 2.24) is 10.3 Å². The van der Waals surface area contributed by atoms with Gasteiger partial charge >= 0.3 is 0 Å². The first-order chi connectivity index (χ1) is 13.0. The summed E-state index contributed by atoms with van der Waals surface area (Å²) >= 11 is 6.30. The van der Waals surface area contributed by atoms with E-state index in [0.29, 0.717) is 6.61 Å². The monoisotopic (exact) mass is 380 g/mol. The minimum atomic E-state index is 0.180. The van der Waals surface area contributed by atoms with Crippen LogP contribution in [0.5, 0.6) is 5.75 Å². The van der Waals surface area contributed by atoms with Crippen LogP contribution in [0, 0.1) is 13.8 Å². The molecule has 3 rings (SSSR count). The van der Waals surface area contributed by atoms with Gasteiger partial charge in [-0.2, -0.15) is 0 Å². The Morgan fingerprint density at radius 1 is 1.04 bits per heavy atom. The number of nitrogens with zero attached hydrogens (tertiary/aromatic N) is 1. The lowest BCUT2D eigenvalue weighted by Crippen LogP contribution is -2.18. The Kier molecular flexibility index (Phi) is 6.49. The molecule has 1 N–H and O–H groups in total. The molecule has 0 spiro atoms. The van der Waals surface area contributed by atoms with Gasteiger partial charge in [0.25, 0.3) is 0 Å². The number of benzene rings is 2. The van der Waals surface area contributed by atoms with Crippen molar-refractivity contribution in [1.29, 1.82) is 0 Å². The summed E-state index contributed by atoms with van der Waals surface area (Å²) in [5.41, 5.74) is 5.54. The molecule has 3 aromatic rings. The maximum atomic E-state index is 6.30. The average Bonchev–Trinajstić information content (AvgIpc) is 2.66. The largest absolute Gasteiger partial charge is 0.487 e. The first-order valence-corrected chi connectivity index (χ1v) is 9.53. The van der Waals surface area contributed by atoms with Crippen LogP contribution in [0.4, 0.5) is 0 Å². The lowest BCUT2D eigenvalue weighted by molar-refractivity contribution is 0.297. The van der Waals surface area contributed by atoms with E-state index in [0.717, 1.165) is 39.7 Å². The first-order valence-electron chi connectivity index (χ1n) is 9.15. The molecule has 1 atom stereocenters. The third-order valence-corrected chi connectivity index (χ3v) is 4.94. The number of aryl methyl sites for hydroxylation is 2. The molecular formula is C23H25ClN2O. The zero-order valence-corrected chi connectivity index (χ0v) is 16.8. The van der Waals surface area contributed by atoms with Crippen LogP contribution in [0.1, 0.15) is 40.9 Å². The van der Waals surface area contributed by atoms with Crippen molar-refractivity contribution in [2.24, 2.45) is 0 Å². The summed E-state index contributed by atoms with van der Waals surface area (Å²) in [5.74, 6) is 0.934. The second-order valence-electron chi connectivity index (χ2n) is 6.79. The SMILES string of the molecule is Cc1cc(CNC(C)c2ccccc2Cl)cc(C)c1OCc1ccccn1. The van der Waals surface area contributed by atoms with Crippen molar-refractivity contribution in [3.05, 3.63) is 93.8 Å². The van der Waals surface area contributed by atoms with Crippen molar-refractivity contribution in [2.75, 3.05) is 0 Å². The van der Waals surface area contributed by atoms with Gasteiger partial charge in [-0.05, 0) is 61.2 Å². The standard InChI is InChI=1S/C23H25ClN2O/c1-16-12-19(14-26-18(3)21-9-4-5-10-22(21)24)13-17(2)23(16)27-15-20-8-6-7-11-25-20/h4-13,18,26H,14-15H2,1-3H3. The van der Waals surface area contributed by atoms with Gasteiger partial charge in [0.1, 0.15) is 12.4 Å². The molecule has 0 fully saturated rings. The highest BCUT2D eigenvalue weighted by atomic mass is 35.5. The first kappa shape index (κ1) is 19.4. The van der Waals surface area contributed by atoms with E-state index in [1.54, 1.807) is 6.20 Å². The van der Waals surface area contributed by atoms with Gasteiger partial charge in [0.05, 0.1) is 5.69 Å². The highest BCUT2D eigenvalue weighted by Crippen LogP contribution is 2.27. The Morgan fingerprint density at radius 2 is 1.74 bits per heavy atom. The second kappa shape index (κ2) is 9.03. The topological polar surface area (TPSA) is 34.1 Å². The van der Waals surface area contributed by atoms with E-state index in [1.165, 1.54) is 5.56 Å². The van der Waals surface area contributed by atoms with Crippen LogP contribution in [0.3, 0.4) is 0 Å². The zero-order chi connectivity index (χ0) is 19.2. The van der Waals surface area contributed by atoms with Crippen LogP contribution in [-0.2, 0) is 13.2 Å². The van der Waals surface area contributed by atoms with E-state index in [4.69, 9.17) is 16.3 Å². The highest BCUT2D eigenvalue weighted by molar-refractivity contribution is 6.31. The third-order valence-electron chi connectivity index (χ3n) is 4.59. The van der Waals surface area contributed by atoms with Crippen LogP contribution in [-0.4, -0.2) is 4.98 Å². The van der Waals surface area contributed by atoms with Crippen LogP contribution < -0.4 is 10.1 Å². The Hall–Kier alpha value is -2.36. The van der Waals surface area contributed by atoms with Crippen molar-refractivity contribution >= 4 is 11.6 Å². The summed E-state index contributed by atoms with van der Waals surface area (Å²) in [6, 6.07) is 18.3. The Labute approximate surface area is 166 Å². The van der Waals surface area contributed by atoms with Crippen molar-refractivity contribution in [3.63, 3.8) is 0 Å². The molecular weight excluding hydrogens is 356 g/mol. The van der Waals surface area contributed by atoms with Gasteiger partial charge in [-0.3, -0.25) is 4.98 Å². The van der Waals surface area contributed by atoms with E-state index in [2.05, 4.69) is 49.3 Å². The van der Waals surface area contributed by atoms with Crippen molar-refractivity contribution < 1.29 is 4.74 Å². The van der Waals surface area contributed by atoms with Crippen LogP contribution >= 0.6 is 11.6 Å². The Balaban J connectivity index is 1.65. The van der Waals surface area contributed by atoms with E-state index in [1.807, 2.05) is 36.4 Å². The second-order valence-corrected chi connectivity index (χ2v) is 7.20. The highest BCUT2D eigenvalue weighted by Gasteiger charge is 2.11. The molecule has 0 saturated carbocycles. The zero-order valence-electron chi connectivity index (χ0n) is 16.0. The molecule has 0 amide bonds. The van der Waals surface area contributed by atoms with Crippen LogP contribution in [0.2, 0.25) is 5.02 Å². The molecule has 0 bridgehead atoms. The molecule has 4 heteroatoms. The quantitative estimate of drug-likeness (QED) is 0.564. The number of halogens is 1. The number of hydrogen-bond donors (Lipinski definition) is 1. The fraction of sp³-hybridized carbons (Fsp3) is 0.261. The molecule has 0 aliphatic heterocycles. The summed E-state index contributed by atoms with van der Waals surface area (Å²) in [6.45, 7) is 7.55. The van der Waals surface area contributed by atoms with E-state index < -0.39 is 0 Å². The van der Waals surface area contributed by atoms with Gasteiger partial charge in [0, 0.05) is 23.8 Å². The molecule has 0 aliphatic carbocycles. The number of aromatic nitrogens is 1. The summed E-state index contributed by atoms with van der Waals surface area (Å²) in [7, 11) is 0. The smallest absolute Gasteiger partial charge is 0.130 e. The predicted molar refractivity (Wildman–Crippen MR) is 111 cm³/mol. The molecule has 0 saturated heterocycles. The van der Waals surface area contributed by atoms with Crippen molar-refractivity contribution in [2.45, 2.75) is 40.0 Å². The van der Waals surface area contributed by atoms with Crippen LogP contribution in [0.25, 0.3) is 0 Å². The molecule has 1 aromatic heterocycles. The summed E-state index contributed by atoms with van der Waals surface area (Å²) in [6.07, 6.45) is 1.79. The minimum absolute atomic E-state index is 0.180. The number of ether oxygens (including phenoxy) is 1. The fourth-order valence-corrected chi connectivity index (χ4v) is 3.51. The maximum absolute atomic E-state index is 6.30. The van der Waals surface area contributed by atoms with Crippen LogP contribution in [0.15, 0.2) is 60.8 Å². The van der Waals surface area contributed by atoms with E-state index in [-0.39, 0.29) is 6.04 Å². The lowest BCUT2D eigenvalue weighted by atomic mass is 10.0. The van der Waals surface area contributed by atoms with Gasteiger partial charge in [0.15, 0.2) is 0 Å². The summed E-state index contributed by atoms with van der Waals surface area (Å²) in [5, 5.41) is 4.35. The molecule has 0 radical (unpaired) electrons. The molecule has 3 nitrogen and oxygen atoms in total. The van der Waals surface area contributed by atoms with Gasteiger partial charge in [0.2, 0.25) is 0 Å². The molecule has 140 valence electrons. The Morgan fingerprint density at radius 3 is 2.41 bits per heavy atom. The minimum Gasteiger partial charge on any atom is -0.487 e. The summed E-state index contributed by atoms with van der Waals surface area (Å²) < 4.78 is 6.02. The predicted octanol–water partition coefficient (Wildman–Crippen LogP) is 5.78. The maximum Gasteiger partial charge on any atom is 0.130 e. The summed E-state index contributed by atoms with van der Waals surface area (Å²) in [4.78, 5) is 4.31. The lowest BCUT2D eigenvalue weighted by Gasteiger charge is -2.18. The molecule has 1 heterocycles. The van der Waals surface area contributed by atoms with Gasteiger partial charge in [-0.1, -0.05) is 48.0 Å². The van der Waals surface area contributed by atoms with E-state index in [9.17, 15) is 0 Å². The molecule has 0 aliphatic rings. The third kappa shape index (κ3) is 5.09. The van der Waals surface area contributed by atoms with Crippen molar-refractivity contribution in [3.8, 4) is 5.75 Å². The van der Waals surface area contributed by atoms with Gasteiger partial charge in [-0.25, -0.2) is 0 Å². The normalized spacial score (nSPS) is 12.0. The average molecular weight is 381 g/mol.